The highest BCUT2D eigenvalue weighted by Gasteiger charge is 2.41. The number of carbonyl (C=O) groups is 1. The van der Waals surface area contributed by atoms with Gasteiger partial charge in [-0.25, -0.2) is 0 Å². The number of methoxy groups -OCH3 is 2. The number of benzene rings is 2. The summed E-state index contributed by atoms with van der Waals surface area (Å²) in [6.07, 6.45) is 1.47. The Bertz CT molecular complexity index is 1010. The SMILES string of the molecule is COc1cccc(CC(=O)CC2c3c(cc4c(c3CO)OCO4)CC[N+]2(C)C)c1OC.[I-]. The number of aliphatic hydroxyl groups is 1. The largest absolute Gasteiger partial charge is 1.00 e. The van der Waals surface area contributed by atoms with Crippen molar-refractivity contribution in [2.24, 2.45) is 0 Å². The van der Waals surface area contributed by atoms with E-state index in [1.54, 1.807) is 14.2 Å². The van der Waals surface area contributed by atoms with Crippen LogP contribution in [0.5, 0.6) is 23.0 Å². The second-order valence-electron chi connectivity index (χ2n) is 8.66. The molecule has 0 saturated heterocycles. The molecule has 7 nitrogen and oxygen atoms in total. The number of para-hydroxylation sites is 1. The van der Waals surface area contributed by atoms with Gasteiger partial charge >= 0.3 is 0 Å². The predicted molar refractivity (Wildman–Crippen MR) is 115 cm³/mol. The van der Waals surface area contributed by atoms with Crippen LogP contribution in [0.25, 0.3) is 0 Å². The zero-order chi connectivity index (χ0) is 22.2. The molecule has 2 aromatic carbocycles. The first-order valence-corrected chi connectivity index (χ1v) is 10.5. The number of aliphatic hydroxyl groups excluding tert-OH is 1. The number of fused-ring (bicyclic) bond motifs is 2. The van der Waals surface area contributed by atoms with Crippen LogP contribution in [0.2, 0.25) is 0 Å². The third kappa shape index (κ3) is 4.40. The molecule has 0 fully saturated rings. The lowest BCUT2D eigenvalue weighted by atomic mass is 9.83. The molecule has 32 heavy (non-hydrogen) atoms. The topological polar surface area (TPSA) is 74.2 Å². The van der Waals surface area contributed by atoms with E-state index in [9.17, 15) is 9.90 Å². The summed E-state index contributed by atoms with van der Waals surface area (Å²) in [5, 5.41) is 10.2. The second-order valence-corrected chi connectivity index (χ2v) is 8.66. The van der Waals surface area contributed by atoms with Crippen LogP contribution in [0.1, 0.15) is 34.7 Å². The molecule has 0 amide bonds. The smallest absolute Gasteiger partial charge is 0.231 e. The van der Waals surface area contributed by atoms with Crippen LogP contribution in [0.3, 0.4) is 0 Å². The summed E-state index contributed by atoms with van der Waals surface area (Å²) in [4.78, 5) is 13.3. The average Bonchev–Trinajstić information content (AvgIpc) is 3.22. The molecule has 0 aliphatic carbocycles. The molecule has 0 radical (unpaired) electrons. The summed E-state index contributed by atoms with van der Waals surface area (Å²) in [6, 6.07) is 7.51. The number of nitrogens with zero attached hydrogens (tertiary/aromatic N) is 1. The maximum atomic E-state index is 13.3. The van der Waals surface area contributed by atoms with Crippen LogP contribution < -0.4 is 42.9 Å². The zero-order valence-corrected chi connectivity index (χ0v) is 21.1. The Labute approximate surface area is 205 Å². The zero-order valence-electron chi connectivity index (χ0n) is 18.9. The van der Waals surface area contributed by atoms with Gasteiger partial charge in [-0.2, -0.15) is 0 Å². The Morgan fingerprint density at radius 1 is 1.22 bits per heavy atom. The molecule has 1 unspecified atom stereocenters. The van der Waals surface area contributed by atoms with Crippen molar-refractivity contribution in [2.45, 2.75) is 31.9 Å². The minimum atomic E-state index is -0.150. The molecule has 2 aliphatic rings. The van der Waals surface area contributed by atoms with Crippen LogP contribution in [0.4, 0.5) is 0 Å². The number of halogens is 1. The van der Waals surface area contributed by atoms with Gasteiger partial charge in [0.2, 0.25) is 6.79 Å². The first kappa shape index (κ1) is 24.6. The number of carbonyl (C=O) groups excluding carboxylic acids is 1. The van der Waals surface area contributed by atoms with E-state index in [2.05, 4.69) is 14.1 Å². The van der Waals surface area contributed by atoms with Gasteiger partial charge in [-0.3, -0.25) is 4.79 Å². The number of Topliss-reactive ketones (excluding diaryl/α,β-unsaturated/α-hetero) is 1. The molecule has 8 heteroatoms. The molecule has 2 aliphatic heterocycles. The van der Waals surface area contributed by atoms with E-state index in [0.717, 1.165) is 35.2 Å². The van der Waals surface area contributed by atoms with Crippen molar-refractivity contribution in [3.8, 4) is 23.0 Å². The minimum absolute atomic E-state index is 0. The molecule has 1 atom stereocenters. The van der Waals surface area contributed by atoms with Gasteiger partial charge < -0.3 is 52.5 Å². The fraction of sp³-hybridized carbons (Fsp3) is 0.458. The lowest BCUT2D eigenvalue weighted by Gasteiger charge is -2.43. The molecule has 0 bridgehead atoms. The number of quaternary nitrogens is 1. The van der Waals surface area contributed by atoms with E-state index in [0.29, 0.717) is 33.9 Å². The maximum absolute atomic E-state index is 13.3. The molecular formula is C24H30INO6. The van der Waals surface area contributed by atoms with Crippen LogP contribution in [-0.4, -0.2) is 57.0 Å². The average molecular weight is 555 g/mol. The van der Waals surface area contributed by atoms with E-state index in [4.69, 9.17) is 18.9 Å². The van der Waals surface area contributed by atoms with Crippen molar-refractivity contribution in [2.75, 3.05) is 41.7 Å². The van der Waals surface area contributed by atoms with Gasteiger partial charge in [0.15, 0.2) is 23.0 Å². The van der Waals surface area contributed by atoms with Crippen molar-refractivity contribution in [1.82, 2.24) is 0 Å². The van der Waals surface area contributed by atoms with Gasteiger partial charge in [0.25, 0.3) is 0 Å². The van der Waals surface area contributed by atoms with Crippen LogP contribution in [0, 0.1) is 0 Å². The number of hydrogen-bond donors (Lipinski definition) is 1. The summed E-state index contributed by atoms with van der Waals surface area (Å²) < 4.78 is 22.8. The van der Waals surface area contributed by atoms with Gasteiger partial charge in [0.1, 0.15) is 11.8 Å². The van der Waals surface area contributed by atoms with E-state index in [1.807, 2.05) is 24.3 Å². The Morgan fingerprint density at radius 2 is 2.00 bits per heavy atom. The Kier molecular flexibility index (Phi) is 7.57. The van der Waals surface area contributed by atoms with Crippen molar-refractivity contribution in [3.05, 3.63) is 46.5 Å². The third-order valence-electron chi connectivity index (χ3n) is 6.48. The van der Waals surface area contributed by atoms with Gasteiger partial charge in [-0.05, 0) is 17.7 Å². The maximum Gasteiger partial charge on any atom is 0.231 e. The van der Waals surface area contributed by atoms with E-state index < -0.39 is 0 Å². The quantitative estimate of drug-likeness (QED) is 0.377. The predicted octanol–water partition coefficient (Wildman–Crippen LogP) is -0.196. The second kappa shape index (κ2) is 9.84. The number of hydrogen-bond acceptors (Lipinski definition) is 6. The minimum Gasteiger partial charge on any atom is -1.00 e. The first-order valence-electron chi connectivity index (χ1n) is 10.5. The molecule has 4 rings (SSSR count). The Balaban J connectivity index is 0.00000289. The lowest BCUT2D eigenvalue weighted by Crippen LogP contribution is -3.00. The summed E-state index contributed by atoms with van der Waals surface area (Å²) in [5.74, 6) is 2.60. The normalized spacial score (nSPS) is 17.8. The summed E-state index contributed by atoms with van der Waals surface area (Å²) in [6.45, 7) is 0.907. The third-order valence-corrected chi connectivity index (χ3v) is 6.48. The highest BCUT2D eigenvalue weighted by Crippen LogP contribution is 2.47. The highest BCUT2D eigenvalue weighted by atomic mass is 127. The van der Waals surface area contributed by atoms with Crippen LogP contribution >= 0.6 is 0 Å². The van der Waals surface area contributed by atoms with E-state index >= 15 is 0 Å². The molecule has 1 N–H and O–H groups in total. The molecular weight excluding hydrogens is 525 g/mol. The van der Waals surface area contributed by atoms with Gasteiger partial charge in [0, 0.05) is 29.5 Å². The molecule has 174 valence electrons. The molecule has 0 aromatic heterocycles. The summed E-state index contributed by atoms with van der Waals surface area (Å²) in [7, 11) is 7.44. The number of likely N-dealkylation sites (N-methyl/N-ethyl adjacent to an activating group) is 1. The summed E-state index contributed by atoms with van der Waals surface area (Å²) in [5.41, 5.74) is 3.70. The number of rotatable bonds is 7. The fourth-order valence-corrected chi connectivity index (χ4v) is 4.82. The van der Waals surface area contributed by atoms with Gasteiger partial charge in [-0.15, -0.1) is 0 Å². The van der Waals surface area contributed by atoms with Gasteiger partial charge in [-0.1, -0.05) is 12.1 Å². The highest BCUT2D eigenvalue weighted by molar-refractivity contribution is 5.82. The van der Waals surface area contributed by atoms with Crippen LogP contribution in [0.15, 0.2) is 24.3 Å². The van der Waals surface area contributed by atoms with Crippen molar-refractivity contribution >= 4 is 5.78 Å². The van der Waals surface area contributed by atoms with Crippen molar-refractivity contribution in [1.29, 1.82) is 0 Å². The first-order chi connectivity index (χ1) is 14.9. The van der Waals surface area contributed by atoms with Crippen LogP contribution in [-0.2, 0) is 24.2 Å². The van der Waals surface area contributed by atoms with Crippen molar-refractivity contribution in [3.63, 3.8) is 0 Å². The summed E-state index contributed by atoms with van der Waals surface area (Å²) >= 11 is 0. The lowest BCUT2D eigenvalue weighted by molar-refractivity contribution is -0.922. The standard InChI is InChI=1S/C24H30NO6.HI/c1-25(2)9-8-15-11-21-24(31-14-30-21)18(13-26)22(15)19(25)12-17(27)10-16-6-5-7-20(28-3)23(16)29-4;/h5-7,11,19,26H,8-10,12-14H2,1-4H3;1H/q+1;/p-1. The number of ketones is 1. The van der Waals surface area contributed by atoms with E-state index in [1.165, 1.54) is 0 Å². The fourth-order valence-electron chi connectivity index (χ4n) is 4.82. The van der Waals surface area contributed by atoms with Gasteiger partial charge in [0.05, 0.1) is 47.9 Å². The molecule has 0 spiro atoms. The monoisotopic (exact) mass is 555 g/mol. The Hall–Kier alpha value is -2.04. The van der Waals surface area contributed by atoms with Crippen molar-refractivity contribution < 1.29 is 57.3 Å². The molecule has 2 aromatic rings. The van der Waals surface area contributed by atoms with E-state index in [-0.39, 0.29) is 55.6 Å². The number of ether oxygens (including phenoxy) is 4. The molecule has 0 saturated carbocycles. The molecule has 2 heterocycles. The Morgan fingerprint density at radius 3 is 2.69 bits per heavy atom.